The van der Waals surface area contributed by atoms with Gasteiger partial charge in [0.2, 0.25) is 11.8 Å². The van der Waals surface area contributed by atoms with Crippen LogP contribution in [0.3, 0.4) is 0 Å². The third kappa shape index (κ3) is 3.50. The first-order chi connectivity index (χ1) is 11.2. The molecule has 7 nitrogen and oxygen atoms in total. The van der Waals surface area contributed by atoms with Crippen molar-refractivity contribution in [1.82, 2.24) is 14.7 Å². The van der Waals surface area contributed by atoms with Crippen LogP contribution in [-0.4, -0.2) is 46.4 Å². The van der Waals surface area contributed by atoms with Crippen LogP contribution < -0.4 is 5.76 Å². The summed E-state index contributed by atoms with van der Waals surface area (Å²) in [6, 6.07) is 9.12. The molecule has 3 rings (SSSR count). The van der Waals surface area contributed by atoms with Gasteiger partial charge in [-0.1, -0.05) is 25.1 Å². The van der Waals surface area contributed by atoms with Crippen LogP contribution in [0.15, 0.2) is 39.5 Å². The van der Waals surface area contributed by atoms with Gasteiger partial charge in [-0.25, -0.2) is 4.79 Å². The Morgan fingerprint density at radius 2 is 2.13 bits per heavy atom. The smallest absolute Gasteiger partial charge is 0.388 e. The molecule has 0 spiro atoms. The molecule has 0 saturated carbocycles. The Balaban J connectivity index is 1.72. The number of rotatable bonds is 4. The van der Waals surface area contributed by atoms with E-state index in [1.54, 1.807) is 17.0 Å². The second-order valence-electron chi connectivity index (χ2n) is 5.44. The van der Waals surface area contributed by atoms with Crippen LogP contribution in [0.25, 0.3) is 11.5 Å². The van der Waals surface area contributed by atoms with Gasteiger partial charge in [0.25, 0.3) is 0 Å². The van der Waals surface area contributed by atoms with E-state index in [1.807, 2.05) is 25.1 Å². The minimum absolute atomic E-state index is 0.0570. The van der Waals surface area contributed by atoms with E-state index < -0.39 is 5.76 Å². The van der Waals surface area contributed by atoms with E-state index in [4.69, 9.17) is 9.15 Å². The molecule has 1 aliphatic heterocycles. The molecule has 1 aromatic heterocycles. The first kappa shape index (κ1) is 15.5. The van der Waals surface area contributed by atoms with Crippen molar-refractivity contribution in [3.8, 4) is 11.5 Å². The monoisotopic (exact) mass is 317 g/mol. The molecule has 2 heterocycles. The van der Waals surface area contributed by atoms with E-state index in [0.29, 0.717) is 25.3 Å². The van der Waals surface area contributed by atoms with Crippen molar-refractivity contribution in [3.63, 3.8) is 0 Å². The largest absolute Gasteiger partial charge is 0.437 e. The van der Waals surface area contributed by atoms with E-state index in [0.717, 1.165) is 11.1 Å². The first-order valence-electron chi connectivity index (χ1n) is 7.70. The van der Waals surface area contributed by atoms with Crippen LogP contribution in [0.4, 0.5) is 0 Å². The fraction of sp³-hybridized carbons (Fsp3) is 0.438. The number of nitrogens with zero attached hydrogens (tertiary/aromatic N) is 3. The van der Waals surface area contributed by atoms with Crippen molar-refractivity contribution in [2.45, 2.75) is 26.0 Å². The third-order valence-corrected chi connectivity index (χ3v) is 3.86. The number of hydrogen-bond donors (Lipinski definition) is 0. The fourth-order valence-electron chi connectivity index (χ4n) is 2.52. The quantitative estimate of drug-likeness (QED) is 0.845. The predicted molar refractivity (Wildman–Crippen MR) is 82.8 cm³/mol. The van der Waals surface area contributed by atoms with Gasteiger partial charge < -0.3 is 14.1 Å². The molecule has 0 unspecified atom stereocenters. The lowest BCUT2D eigenvalue weighted by molar-refractivity contribution is -0.139. The van der Waals surface area contributed by atoms with Crippen molar-refractivity contribution in [1.29, 1.82) is 0 Å². The van der Waals surface area contributed by atoms with Crippen molar-refractivity contribution in [2.24, 2.45) is 0 Å². The zero-order valence-corrected chi connectivity index (χ0v) is 13.0. The van der Waals surface area contributed by atoms with E-state index >= 15 is 0 Å². The summed E-state index contributed by atoms with van der Waals surface area (Å²) >= 11 is 0. The van der Waals surface area contributed by atoms with Gasteiger partial charge in [-0.2, -0.15) is 4.68 Å². The summed E-state index contributed by atoms with van der Waals surface area (Å²) < 4.78 is 11.7. The SMILES string of the molecule is CC[C@H]1CN(C(=O)Cn2nc(-c3ccccc3)oc2=O)CCO1. The van der Waals surface area contributed by atoms with E-state index in [2.05, 4.69) is 5.10 Å². The number of benzene rings is 1. The summed E-state index contributed by atoms with van der Waals surface area (Å²) in [5.74, 6) is -0.559. The van der Waals surface area contributed by atoms with Gasteiger partial charge in [0.05, 0.1) is 12.7 Å². The van der Waals surface area contributed by atoms with Gasteiger partial charge in [0, 0.05) is 18.7 Å². The number of carbonyl (C=O) groups is 1. The molecule has 2 aromatic rings. The van der Waals surface area contributed by atoms with E-state index in [9.17, 15) is 9.59 Å². The summed E-state index contributed by atoms with van der Waals surface area (Å²) in [7, 11) is 0. The Hall–Kier alpha value is -2.41. The lowest BCUT2D eigenvalue weighted by atomic mass is 10.2. The van der Waals surface area contributed by atoms with Crippen LogP contribution in [0, 0.1) is 0 Å². The number of aromatic nitrogens is 2. The molecule has 1 aromatic carbocycles. The molecular formula is C16H19N3O4. The van der Waals surface area contributed by atoms with Gasteiger partial charge in [0.1, 0.15) is 6.54 Å². The molecule has 0 N–H and O–H groups in total. The Morgan fingerprint density at radius 3 is 2.87 bits per heavy atom. The molecule has 1 fully saturated rings. The van der Waals surface area contributed by atoms with Gasteiger partial charge >= 0.3 is 5.76 Å². The molecule has 7 heteroatoms. The summed E-state index contributed by atoms with van der Waals surface area (Å²) in [6.45, 7) is 3.51. The molecule has 0 aliphatic carbocycles. The maximum atomic E-state index is 12.4. The molecule has 1 atom stereocenters. The number of hydrogen-bond acceptors (Lipinski definition) is 5. The van der Waals surface area contributed by atoms with E-state index in [-0.39, 0.29) is 24.4 Å². The standard InChI is InChI=1S/C16H19N3O4/c1-2-13-10-18(8-9-22-13)14(20)11-19-16(21)23-15(17-19)12-6-4-3-5-7-12/h3-7,13H,2,8-11H2,1H3/t13-/m0/s1. The van der Waals surface area contributed by atoms with Crippen molar-refractivity contribution < 1.29 is 13.9 Å². The number of carbonyl (C=O) groups excluding carboxylic acids is 1. The summed E-state index contributed by atoms with van der Waals surface area (Å²) in [4.78, 5) is 26.0. The predicted octanol–water partition coefficient (Wildman–Crippen LogP) is 1.14. The maximum absolute atomic E-state index is 12.4. The van der Waals surface area contributed by atoms with Crippen LogP contribution in [0.5, 0.6) is 0 Å². The Morgan fingerprint density at radius 1 is 1.35 bits per heavy atom. The van der Waals surface area contributed by atoms with Crippen LogP contribution in [0.2, 0.25) is 0 Å². The molecule has 122 valence electrons. The third-order valence-electron chi connectivity index (χ3n) is 3.86. The van der Waals surface area contributed by atoms with Gasteiger partial charge in [-0.15, -0.1) is 5.10 Å². The molecule has 1 saturated heterocycles. The Bertz CT molecular complexity index is 722. The lowest BCUT2D eigenvalue weighted by Crippen LogP contribution is -2.47. The zero-order valence-electron chi connectivity index (χ0n) is 13.0. The zero-order chi connectivity index (χ0) is 16.2. The highest BCUT2D eigenvalue weighted by Crippen LogP contribution is 2.14. The van der Waals surface area contributed by atoms with Crippen LogP contribution >= 0.6 is 0 Å². The van der Waals surface area contributed by atoms with Crippen LogP contribution in [0.1, 0.15) is 13.3 Å². The number of amides is 1. The number of ether oxygens (including phenoxy) is 1. The maximum Gasteiger partial charge on any atom is 0.437 e. The van der Waals surface area contributed by atoms with E-state index in [1.165, 1.54) is 0 Å². The molecular weight excluding hydrogens is 298 g/mol. The molecule has 1 amide bonds. The van der Waals surface area contributed by atoms with Gasteiger partial charge in [-0.3, -0.25) is 4.79 Å². The fourth-order valence-corrected chi connectivity index (χ4v) is 2.52. The average molecular weight is 317 g/mol. The highest BCUT2D eigenvalue weighted by molar-refractivity contribution is 5.76. The Kier molecular flexibility index (Phi) is 4.57. The summed E-state index contributed by atoms with van der Waals surface area (Å²) in [6.07, 6.45) is 0.910. The van der Waals surface area contributed by atoms with Crippen molar-refractivity contribution in [3.05, 3.63) is 40.9 Å². The summed E-state index contributed by atoms with van der Waals surface area (Å²) in [5.41, 5.74) is 0.702. The normalized spacial score (nSPS) is 18.1. The second-order valence-corrected chi connectivity index (χ2v) is 5.44. The van der Waals surface area contributed by atoms with Crippen molar-refractivity contribution in [2.75, 3.05) is 19.7 Å². The first-order valence-corrected chi connectivity index (χ1v) is 7.70. The average Bonchev–Trinajstić information content (AvgIpc) is 2.96. The van der Waals surface area contributed by atoms with Crippen molar-refractivity contribution >= 4 is 5.91 Å². The highest BCUT2D eigenvalue weighted by Gasteiger charge is 2.24. The topological polar surface area (TPSA) is 77.6 Å². The molecule has 0 bridgehead atoms. The second kappa shape index (κ2) is 6.78. The summed E-state index contributed by atoms with van der Waals surface area (Å²) in [5, 5.41) is 4.11. The van der Waals surface area contributed by atoms with Crippen LogP contribution in [-0.2, 0) is 16.1 Å². The number of morpholine rings is 1. The van der Waals surface area contributed by atoms with Gasteiger partial charge in [-0.05, 0) is 18.6 Å². The minimum atomic E-state index is -0.627. The lowest BCUT2D eigenvalue weighted by Gasteiger charge is -2.32. The Labute approximate surface area is 133 Å². The highest BCUT2D eigenvalue weighted by atomic mass is 16.5. The molecule has 23 heavy (non-hydrogen) atoms. The minimum Gasteiger partial charge on any atom is -0.388 e. The van der Waals surface area contributed by atoms with Gasteiger partial charge in [0.15, 0.2) is 0 Å². The molecule has 1 aliphatic rings. The molecule has 0 radical (unpaired) electrons.